The highest BCUT2D eigenvalue weighted by molar-refractivity contribution is 7.13. The number of nitrogens with one attached hydrogen (secondary N) is 1. The minimum absolute atomic E-state index is 0.0626. The monoisotopic (exact) mass is 454 g/mol. The molecule has 1 aliphatic heterocycles. The Morgan fingerprint density at radius 1 is 1.16 bits per heavy atom. The van der Waals surface area contributed by atoms with Crippen LogP contribution in [-0.4, -0.2) is 66.4 Å². The molecule has 32 heavy (non-hydrogen) atoms. The Kier molecular flexibility index (Phi) is 7.18. The second-order valence-electron chi connectivity index (χ2n) is 7.55. The van der Waals surface area contributed by atoms with Crippen molar-refractivity contribution in [2.75, 3.05) is 39.8 Å². The molecule has 0 atom stereocenters. The van der Waals surface area contributed by atoms with Crippen molar-refractivity contribution in [1.82, 2.24) is 20.1 Å². The van der Waals surface area contributed by atoms with Gasteiger partial charge >= 0.3 is 0 Å². The zero-order valence-electron chi connectivity index (χ0n) is 18.0. The number of ether oxygens (including phenoxy) is 1. The maximum atomic E-state index is 12.5. The average Bonchev–Trinajstić information content (AvgIpc) is 3.52. The minimum atomic E-state index is -0.228. The lowest BCUT2D eigenvalue weighted by Gasteiger charge is -2.34. The normalized spacial score (nSPS) is 14.3. The van der Waals surface area contributed by atoms with E-state index in [1.54, 1.807) is 24.5 Å². The molecule has 2 amide bonds. The van der Waals surface area contributed by atoms with Gasteiger partial charge in [-0.05, 0) is 30.3 Å². The molecule has 0 spiro atoms. The fourth-order valence-corrected chi connectivity index (χ4v) is 4.38. The third-order valence-electron chi connectivity index (χ3n) is 5.41. The van der Waals surface area contributed by atoms with E-state index < -0.39 is 0 Å². The summed E-state index contributed by atoms with van der Waals surface area (Å²) in [6.07, 6.45) is 3.13. The van der Waals surface area contributed by atoms with Crippen LogP contribution in [0.1, 0.15) is 22.5 Å². The van der Waals surface area contributed by atoms with Crippen LogP contribution in [0.2, 0.25) is 0 Å². The molecule has 3 aromatic rings. The second-order valence-corrected chi connectivity index (χ2v) is 8.41. The van der Waals surface area contributed by atoms with Gasteiger partial charge in [-0.1, -0.05) is 0 Å². The molecule has 8 nitrogen and oxygen atoms in total. The van der Waals surface area contributed by atoms with E-state index in [1.807, 2.05) is 29.2 Å². The third kappa shape index (κ3) is 5.54. The topological polar surface area (TPSA) is 87.9 Å². The number of aromatic nitrogens is 1. The molecule has 168 valence electrons. The maximum Gasteiger partial charge on any atom is 0.254 e. The predicted molar refractivity (Wildman–Crippen MR) is 122 cm³/mol. The summed E-state index contributed by atoms with van der Waals surface area (Å²) in [4.78, 5) is 33.3. The number of amides is 2. The van der Waals surface area contributed by atoms with Crippen molar-refractivity contribution in [3.05, 3.63) is 59.5 Å². The number of carbonyl (C=O) groups excluding carboxylic acids is 2. The summed E-state index contributed by atoms with van der Waals surface area (Å²) in [6.45, 7) is 4.07. The molecule has 1 saturated heterocycles. The number of hydrogen-bond donors (Lipinski definition) is 1. The van der Waals surface area contributed by atoms with Crippen LogP contribution < -0.4 is 10.1 Å². The van der Waals surface area contributed by atoms with Crippen molar-refractivity contribution >= 4 is 23.2 Å². The van der Waals surface area contributed by atoms with Gasteiger partial charge in [-0.15, -0.1) is 11.3 Å². The summed E-state index contributed by atoms with van der Waals surface area (Å²) in [5.74, 6) is 0.666. The first-order valence-electron chi connectivity index (χ1n) is 10.5. The van der Waals surface area contributed by atoms with Crippen LogP contribution in [0.3, 0.4) is 0 Å². The van der Waals surface area contributed by atoms with Crippen LogP contribution in [0.15, 0.2) is 52.7 Å². The van der Waals surface area contributed by atoms with E-state index in [4.69, 9.17) is 14.1 Å². The van der Waals surface area contributed by atoms with Gasteiger partial charge in [-0.2, -0.15) is 0 Å². The van der Waals surface area contributed by atoms with Crippen molar-refractivity contribution < 1.29 is 18.7 Å². The van der Waals surface area contributed by atoms with E-state index in [-0.39, 0.29) is 11.8 Å². The quantitative estimate of drug-likeness (QED) is 0.563. The summed E-state index contributed by atoms with van der Waals surface area (Å²) in [7, 11) is 1.66. The van der Waals surface area contributed by atoms with Gasteiger partial charge in [0.05, 0.1) is 24.6 Å². The van der Waals surface area contributed by atoms with E-state index in [2.05, 4.69) is 15.6 Å². The highest BCUT2D eigenvalue weighted by atomic mass is 32.1. The van der Waals surface area contributed by atoms with Gasteiger partial charge in [-0.25, -0.2) is 4.98 Å². The Hall–Kier alpha value is -3.17. The molecule has 0 radical (unpaired) electrons. The van der Waals surface area contributed by atoms with E-state index in [1.165, 1.54) is 12.5 Å². The van der Waals surface area contributed by atoms with E-state index in [0.717, 1.165) is 41.6 Å². The molecule has 1 fully saturated rings. The third-order valence-corrected chi connectivity index (χ3v) is 6.35. The summed E-state index contributed by atoms with van der Waals surface area (Å²) in [5, 5.41) is 5.84. The molecule has 4 rings (SSSR count). The fraction of sp³-hybridized carbons (Fsp3) is 0.348. The molecular formula is C23H26N4O4S. The van der Waals surface area contributed by atoms with Gasteiger partial charge in [0.2, 0.25) is 5.91 Å². The van der Waals surface area contributed by atoms with Crippen LogP contribution in [0, 0.1) is 0 Å². The number of rotatable bonds is 8. The summed E-state index contributed by atoms with van der Waals surface area (Å²) >= 11 is 1.64. The Bertz CT molecular complexity index is 1020. The number of carbonyl (C=O) groups is 2. The first kappa shape index (κ1) is 22.0. The minimum Gasteiger partial charge on any atom is -0.497 e. The second kappa shape index (κ2) is 10.4. The first-order chi connectivity index (χ1) is 15.6. The van der Waals surface area contributed by atoms with Crippen LogP contribution in [0.5, 0.6) is 5.75 Å². The largest absolute Gasteiger partial charge is 0.497 e. The van der Waals surface area contributed by atoms with Crippen molar-refractivity contribution in [1.29, 1.82) is 0 Å². The molecule has 3 heterocycles. The number of hydrogen-bond acceptors (Lipinski definition) is 7. The van der Waals surface area contributed by atoms with Gasteiger partial charge in [0, 0.05) is 56.6 Å². The Morgan fingerprint density at radius 3 is 2.62 bits per heavy atom. The van der Waals surface area contributed by atoms with Gasteiger partial charge in [0.1, 0.15) is 17.0 Å². The number of methoxy groups -OCH3 is 1. The van der Waals surface area contributed by atoms with Crippen molar-refractivity contribution in [3.63, 3.8) is 0 Å². The zero-order valence-corrected chi connectivity index (χ0v) is 18.8. The van der Waals surface area contributed by atoms with Crippen molar-refractivity contribution in [2.24, 2.45) is 0 Å². The molecular weight excluding hydrogens is 428 g/mol. The van der Waals surface area contributed by atoms with E-state index >= 15 is 0 Å². The highest BCUT2D eigenvalue weighted by Crippen LogP contribution is 2.26. The lowest BCUT2D eigenvalue weighted by molar-refractivity contribution is -0.132. The number of piperazine rings is 1. The molecule has 1 aromatic carbocycles. The molecule has 1 aliphatic rings. The van der Waals surface area contributed by atoms with Gasteiger partial charge in [0.25, 0.3) is 5.91 Å². The van der Waals surface area contributed by atoms with E-state index in [9.17, 15) is 9.59 Å². The summed E-state index contributed by atoms with van der Waals surface area (Å²) in [6, 6.07) is 9.51. The molecule has 0 saturated carbocycles. The highest BCUT2D eigenvalue weighted by Gasteiger charge is 2.21. The summed E-state index contributed by atoms with van der Waals surface area (Å²) in [5.41, 5.74) is 2.59. The number of benzene rings is 1. The van der Waals surface area contributed by atoms with E-state index in [0.29, 0.717) is 31.6 Å². The van der Waals surface area contributed by atoms with Crippen LogP contribution in [-0.2, 0) is 11.3 Å². The van der Waals surface area contributed by atoms with Gasteiger partial charge < -0.3 is 19.4 Å². The Labute approximate surface area is 190 Å². The zero-order chi connectivity index (χ0) is 22.3. The lowest BCUT2D eigenvalue weighted by atomic mass is 10.2. The molecule has 1 N–H and O–H groups in total. The molecule has 0 bridgehead atoms. The smallest absolute Gasteiger partial charge is 0.254 e. The molecule has 2 aromatic heterocycles. The Balaban J connectivity index is 1.19. The average molecular weight is 455 g/mol. The van der Waals surface area contributed by atoms with Gasteiger partial charge in [-0.3, -0.25) is 14.5 Å². The van der Waals surface area contributed by atoms with Crippen molar-refractivity contribution in [2.45, 2.75) is 13.0 Å². The Morgan fingerprint density at radius 2 is 1.94 bits per heavy atom. The standard InChI is InChI=1S/C23H26N4O4S/c1-30-20-4-2-17(3-5-20)23-25-19(16-32-23)14-26-9-11-27(12-10-26)21(28)6-8-24-22(29)18-7-13-31-15-18/h2-5,7,13,15-16H,6,8-12,14H2,1H3,(H,24,29). The first-order valence-corrected chi connectivity index (χ1v) is 11.4. The number of furan rings is 1. The molecule has 0 unspecified atom stereocenters. The van der Waals surface area contributed by atoms with Crippen LogP contribution >= 0.6 is 11.3 Å². The van der Waals surface area contributed by atoms with Crippen LogP contribution in [0.4, 0.5) is 0 Å². The predicted octanol–water partition coefficient (Wildman–Crippen LogP) is 2.88. The van der Waals surface area contributed by atoms with Crippen LogP contribution in [0.25, 0.3) is 10.6 Å². The fourth-order valence-electron chi connectivity index (χ4n) is 3.57. The lowest BCUT2D eigenvalue weighted by Crippen LogP contribution is -2.48. The SMILES string of the molecule is COc1ccc(-c2nc(CN3CCN(C(=O)CCNC(=O)c4ccoc4)CC3)cs2)cc1. The molecule has 9 heteroatoms. The number of nitrogens with zero attached hydrogens (tertiary/aromatic N) is 3. The maximum absolute atomic E-state index is 12.5. The van der Waals surface area contributed by atoms with Gasteiger partial charge in [0.15, 0.2) is 0 Å². The van der Waals surface area contributed by atoms with Crippen molar-refractivity contribution in [3.8, 4) is 16.3 Å². The number of thiazole rings is 1. The summed E-state index contributed by atoms with van der Waals surface area (Å²) < 4.78 is 10.1. The molecule has 0 aliphatic carbocycles.